The second kappa shape index (κ2) is 6.78. The molecule has 94 valence electrons. The number of hydrogen-bond donors (Lipinski definition) is 0. The Morgan fingerprint density at radius 3 is 2.00 bits per heavy atom. The molecule has 0 aromatic heterocycles. The molecule has 0 saturated heterocycles. The van der Waals surface area contributed by atoms with Gasteiger partial charge in [0.1, 0.15) is 5.75 Å². The summed E-state index contributed by atoms with van der Waals surface area (Å²) in [7, 11) is 0. The highest BCUT2D eigenvalue weighted by molar-refractivity contribution is 14.1. The fourth-order valence-electron chi connectivity index (χ4n) is 1.72. The molecule has 2 aromatic carbocycles. The lowest BCUT2D eigenvalue weighted by atomic mass is 10.1. The number of rotatable bonds is 5. The summed E-state index contributed by atoms with van der Waals surface area (Å²) in [6.07, 6.45) is 2.28. The highest BCUT2D eigenvalue weighted by Crippen LogP contribution is 2.23. The zero-order chi connectivity index (χ0) is 12.8. The minimum Gasteiger partial charge on any atom is -0.494 e. The van der Waals surface area contributed by atoms with Crippen LogP contribution < -0.4 is 4.74 Å². The SMILES string of the molecule is CCCCOc1ccc(-c2ccc(I)cc2)cc1. The van der Waals surface area contributed by atoms with Crippen molar-refractivity contribution in [2.45, 2.75) is 19.8 Å². The summed E-state index contributed by atoms with van der Waals surface area (Å²) < 4.78 is 6.92. The third-order valence-corrected chi connectivity index (χ3v) is 3.52. The Labute approximate surface area is 122 Å². The Balaban J connectivity index is 2.05. The minimum atomic E-state index is 0.805. The van der Waals surface area contributed by atoms with E-state index in [4.69, 9.17) is 4.74 Å². The average Bonchev–Trinajstić information content (AvgIpc) is 2.41. The van der Waals surface area contributed by atoms with Gasteiger partial charge in [-0.1, -0.05) is 37.6 Å². The maximum atomic E-state index is 5.66. The van der Waals surface area contributed by atoms with Crippen molar-refractivity contribution in [3.05, 3.63) is 52.1 Å². The zero-order valence-corrected chi connectivity index (χ0v) is 12.7. The van der Waals surface area contributed by atoms with E-state index in [1.165, 1.54) is 21.1 Å². The van der Waals surface area contributed by atoms with Gasteiger partial charge < -0.3 is 4.74 Å². The minimum absolute atomic E-state index is 0.805. The Hall–Kier alpha value is -1.03. The van der Waals surface area contributed by atoms with Gasteiger partial charge in [0.2, 0.25) is 0 Å². The molecule has 0 bridgehead atoms. The second-order valence-electron chi connectivity index (χ2n) is 4.23. The summed E-state index contributed by atoms with van der Waals surface area (Å²) in [5, 5.41) is 0. The van der Waals surface area contributed by atoms with Gasteiger partial charge in [0.15, 0.2) is 0 Å². The van der Waals surface area contributed by atoms with Gasteiger partial charge in [-0.05, 0) is 64.4 Å². The highest BCUT2D eigenvalue weighted by atomic mass is 127. The summed E-state index contributed by atoms with van der Waals surface area (Å²) in [4.78, 5) is 0. The molecule has 0 spiro atoms. The zero-order valence-electron chi connectivity index (χ0n) is 10.5. The Kier molecular flexibility index (Phi) is 5.05. The molecule has 0 amide bonds. The van der Waals surface area contributed by atoms with E-state index in [0.29, 0.717) is 0 Å². The lowest BCUT2D eigenvalue weighted by molar-refractivity contribution is 0.309. The molecule has 18 heavy (non-hydrogen) atoms. The van der Waals surface area contributed by atoms with Crippen molar-refractivity contribution in [2.75, 3.05) is 6.61 Å². The van der Waals surface area contributed by atoms with Gasteiger partial charge in [-0.15, -0.1) is 0 Å². The monoisotopic (exact) mass is 352 g/mol. The predicted octanol–water partition coefficient (Wildman–Crippen LogP) is 5.14. The van der Waals surface area contributed by atoms with Crippen LogP contribution in [0.15, 0.2) is 48.5 Å². The summed E-state index contributed by atoms with van der Waals surface area (Å²) in [6.45, 7) is 2.97. The predicted molar refractivity (Wildman–Crippen MR) is 85.0 cm³/mol. The Morgan fingerprint density at radius 1 is 0.889 bits per heavy atom. The van der Waals surface area contributed by atoms with Gasteiger partial charge in [0.25, 0.3) is 0 Å². The number of halogens is 1. The van der Waals surface area contributed by atoms with E-state index in [1.807, 2.05) is 12.1 Å². The summed E-state index contributed by atoms with van der Waals surface area (Å²) in [5.74, 6) is 0.956. The summed E-state index contributed by atoms with van der Waals surface area (Å²) >= 11 is 2.32. The number of hydrogen-bond acceptors (Lipinski definition) is 1. The standard InChI is InChI=1S/C16H17IO/c1-2-3-12-18-16-10-6-14(7-11-16)13-4-8-15(17)9-5-13/h4-11H,2-3,12H2,1H3. The van der Waals surface area contributed by atoms with Crippen LogP contribution in [0.25, 0.3) is 11.1 Å². The van der Waals surface area contributed by atoms with Gasteiger partial charge >= 0.3 is 0 Å². The van der Waals surface area contributed by atoms with Gasteiger partial charge in [-0.2, -0.15) is 0 Å². The van der Waals surface area contributed by atoms with Crippen LogP contribution >= 0.6 is 22.6 Å². The van der Waals surface area contributed by atoms with E-state index in [-0.39, 0.29) is 0 Å². The molecule has 0 saturated carbocycles. The molecule has 0 unspecified atom stereocenters. The molecule has 1 nitrogen and oxygen atoms in total. The van der Waals surface area contributed by atoms with Crippen LogP contribution in [0.4, 0.5) is 0 Å². The summed E-state index contributed by atoms with van der Waals surface area (Å²) in [6, 6.07) is 16.9. The van der Waals surface area contributed by atoms with Crippen molar-refractivity contribution >= 4 is 22.6 Å². The fraction of sp³-hybridized carbons (Fsp3) is 0.250. The van der Waals surface area contributed by atoms with Crippen molar-refractivity contribution < 1.29 is 4.74 Å². The quantitative estimate of drug-likeness (QED) is 0.535. The number of benzene rings is 2. The van der Waals surface area contributed by atoms with Crippen molar-refractivity contribution in [3.63, 3.8) is 0 Å². The molecule has 0 atom stereocenters. The van der Waals surface area contributed by atoms with E-state index in [9.17, 15) is 0 Å². The molecule has 0 aliphatic rings. The molecular formula is C16H17IO. The maximum absolute atomic E-state index is 5.66. The first-order valence-electron chi connectivity index (χ1n) is 6.28. The molecule has 0 aliphatic carbocycles. The van der Waals surface area contributed by atoms with E-state index < -0.39 is 0 Å². The van der Waals surface area contributed by atoms with E-state index in [1.54, 1.807) is 0 Å². The molecule has 0 N–H and O–H groups in total. The van der Waals surface area contributed by atoms with E-state index in [2.05, 4.69) is 65.9 Å². The second-order valence-corrected chi connectivity index (χ2v) is 5.48. The Bertz CT molecular complexity index is 473. The van der Waals surface area contributed by atoms with Gasteiger partial charge in [0.05, 0.1) is 6.61 Å². The smallest absolute Gasteiger partial charge is 0.119 e. The van der Waals surface area contributed by atoms with Crippen molar-refractivity contribution in [3.8, 4) is 16.9 Å². The van der Waals surface area contributed by atoms with Crippen LogP contribution in [0.5, 0.6) is 5.75 Å². The van der Waals surface area contributed by atoms with Gasteiger partial charge in [-0.25, -0.2) is 0 Å². The molecule has 2 aromatic rings. The molecule has 2 heteroatoms. The lowest BCUT2D eigenvalue weighted by Gasteiger charge is -2.07. The Morgan fingerprint density at radius 2 is 1.44 bits per heavy atom. The molecule has 2 rings (SSSR count). The average molecular weight is 352 g/mol. The van der Waals surface area contributed by atoms with Crippen LogP contribution in [-0.4, -0.2) is 6.61 Å². The molecule has 0 heterocycles. The van der Waals surface area contributed by atoms with Gasteiger partial charge in [0, 0.05) is 3.57 Å². The topological polar surface area (TPSA) is 9.23 Å². The van der Waals surface area contributed by atoms with Crippen LogP contribution in [0.1, 0.15) is 19.8 Å². The fourth-order valence-corrected chi connectivity index (χ4v) is 2.08. The first-order valence-corrected chi connectivity index (χ1v) is 7.36. The lowest BCUT2D eigenvalue weighted by Crippen LogP contribution is -1.95. The normalized spacial score (nSPS) is 10.3. The highest BCUT2D eigenvalue weighted by Gasteiger charge is 1.98. The molecule has 0 aliphatic heterocycles. The van der Waals surface area contributed by atoms with Gasteiger partial charge in [-0.3, -0.25) is 0 Å². The van der Waals surface area contributed by atoms with E-state index in [0.717, 1.165) is 18.8 Å². The number of ether oxygens (including phenoxy) is 1. The van der Waals surface area contributed by atoms with Crippen molar-refractivity contribution in [2.24, 2.45) is 0 Å². The molecule has 0 fully saturated rings. The van der Waals surface area contributed by atoms with Crippen LogP contribution in [-0.2, 0) is 0 Å². The van der Waals surface area contributed by atoms with E-state index >= 15 is 0 Å². The van der Waals surface area contributed by atoms with Crippen LogP contribution in [0.2, 0.25) is 0 Å². The first-order chi connectivity index (χ1) is 8.79. The third kappa shape index (κ3) is 3.73. The van der Waals surface area contributed by atoms with Crippen LogP contribution in [0.3, 0.4) is 0 Å². The number of unbranched alkanes of at least 4 members (excludes halogenated alkanes) is 1. The third-order valence-electron chi connectivity index (χ3n) is 2.80. The molecular weight excluding hydrogens is 335 g/mol. The van der Waals surface area contributed by atoms with Crippen molar-refractivity contribution in [1.29, 1.82) is 0 Å². The van der Waals surface area contributed by atoms with Crippen LogP contribution in [0, 0.1) is 3.57 Å². The molecule has 0 radical (unpaired) electrons. The maximum Gasteiger partial charge on any atom is 0.119 e. The van der Waals surface area contributed by atoms with Crippen molar-refractivity contribution in [1.82, 2.24) is 0 Å². The largest absolute Gasteiger partial charge is 0.494 e. The summed E-state index contributed by atoms with van der Waals surface area (Å²) in [5.41, 5.74) is 2.48. The first kappa shape index (κ1) is 13.4.